The molecule has 0 unspecified atom stereocenters. The van der Waals surface area contributed by atoms with E-state index in [1.807, 2.05) is 31.2 Å². The standard InChI is InChI=1S/C18H20ClNOS2/c1-13(16-5-3-4-6-17(16)19)20-18(21)12-23-11-14-7-9-15(22-2)10-8-14/h3-10,13H,11-12H2,1-2H3,(H,20,21)/t13-/m0/s1. The highest BCUT2D eigenvalue weighted by atomic mass is 35.5. The third-order valence-corrected chi connectivity index (χ3v) is 5.50. The maximum absolute atomic E-state index is 12.1. The summed E-state index contributed by atoms with van der Waals surface area (Å²) in [6.07, 6.45) is 2.06. The highest BCUT2D eigenvalue weighted by Gasteiger charge is 2.12. The Hall–Kier alpha value is -1.10. The Bertz CT molecular complexity index is 646. The quantitative estimate of drug-likeness (QED) is 0.686. The van der Waals surface area contributed by atoms with Crippen LogP contribution in [0.2, 0.25) is 5.02 Å². The largest absolute Gasteiger partial charge is 0.349 e. The molecule has 0 aliphatic carbocycles. The van der Waals surface area contributed by atoms with Crippen molar-refractivity contribution in [3.63, 3.8) is 0 Å². The van der Waals surface area contributed by atoms with Crippen LogP contribution in [-0.2, 0) is 10.5 Å². The zero-order valence-corrected chi connectivity index (χ0v) is 15.6. The lowest BCUT2D eigenvalue weighted by Crippen LogP contribution is -2.28. The van der Waals surface area contributed by atoms with Crippen LogP contribution in [0.1, 0.15) is 24.1 Å². The molecule has 1 atom stereocenters. The molecule has 5 heteroatoms. The van der Waals surface area contributed by atoms with Gasteiger partial charge in [0.2, 0.25) is 5.91 Å². The highest BCUT2D eigenvalue weighted by Crippen LogP contribution is 2.22. The van der Waals surface area contributed by atoms with Crippen LogP contribution in [0.25, 0.3) is 0 Å². The molecule has 1 amide bonds. The fourth-order valence-electron chi connectivity index (χ4n) is 2.17. The van der Waals surface area contributed by atoms with Crippen LogP contribution in [-0.4, -0.2) is 17.9 Å². The van der Waals surface area contributed by atoms with Crippen molar-refractivity contribution in [1.29, 1.82) is 0 Å². The lowest BCUT2D eigenvalue weighted by Gasteiger charge is -2.15. The number of amides is 1. The third kappa shape index (κ3) is 5.79. The average Bonchev–Trinajstić information content (AvgIpc) is 2.55. The second-order valence-corrected chi connectivity index (χ2v) is 7.42. The van der Waals surface area contributed by atoms with Crippen molar-refractivity contribution < 1.29 is 4.79 Å². The smallest absolute Gasteiger partial charge is 0.230 e. The Morgan fingerprint density at radius 1 is 1.17 bits per heavy atom. The first-order chi connectivity index (χ1) is 11.1. The molecule has 0 aromatic heterocycles. The summed E-state index contributed by atoms with van der Waals surface area (Å²) >= 11 is 9.50. The van der Waals surface area contributed by atoms with Crippen LogP contribution in [0.3, 0.4) is 0 Å². The van der Waals surface area contributed by atoms with E-state index in [0.29, 0.717) is 10.8 Å². The number of rotatable bonds is 7. The topological polar surface area (TPSA) is 29.1 Å². The number of carbonyl (C=O) groups excluding carboxylic acids is 1. The molecule has 0 fully saturated rings. The van der Waals surface area contributed by atoms with Gasteiger partial charge in [0.15, 0.2) is 0 Å². The molecular formula is C18H20ClNOS2. The molecule has 122 valence electrons. The zero-order chi connectivity index (χ0) is 16.7. The van der Waals surface area contributed by atoms with Crippen molar-refractivity contribution in [2.24, 2.45) is 0 Å². The number of carbonyl (C=O) groups is 1. The summed E-state index contributed by atoms with van der Waals surface area (Å²) < 4.78 is 0. The molecule has 2 rings (SSSR count). The van der Waals surface area contributed by atoms with Gasteiger partial charge in [-0.15, -0.1) is 23.5 Å². The molecule has 0 saturated heterocycles. The summed E-state index contributed by atoms with van der Waals surface area (Å²) in [5.74, 6) is 1.31. The van der Waals surface area contributed by atoms with Crippen LogP contribution in [0, 0.1) is 0 Å². The van der Waals surface area contributed by atoms with Crippen LogP contribution in [0.15, 0.2) is 53.4 Å². The summed E-state index contributed by atoms with van der Waals surface area (Å²) in [7, 11) is 0. The second kappa shape index (κ2) is 9.26. The lowest BCUT2D eigenvalue weighted by molar-refractivity contribution is -0.119. The molecule has 2 aromatic carbocycles. The molecular weight excluding hydrogens is 346 g/mol. The predicted octanol–water partition coefficient (Wildman–Crippen LogP) is 5.17. The van der Waals surface area contributed by atoms with Crippen LogP contribution in [0.5, 0.6) is 0 Å². The minimum absolute atomic E-state index is 0.0307. The van der Waals surface area contributed by atoms with E-state index in [1.165, 1.54) is 10.5 Å². The van der Waals surface area contributed by atoms with Crippen molar-refractivity contribution in [3.05, 3.63) is 64.7 Å². The van der Waals surface area contributed by atoms with E-state index in [-0.39, 0.29) is 11.9 Å². The summed E-state index contributed by atoms with van der Waals surface area (Å²) in [4.78, 5) is 13.3. The number of thioether (sulfide) groups is 2. The summed E-state index contributed by atoms with van der Waals surface area (Å²) in [6.45, 7) is 1.95. The third-order valence-electron chi connectivity index (χ3n) is 3.41. The van der Waals surface area contributed by atoms with E-state index in [1.54, 1.807) is 23.5 Å². The Labute approximate surface area is 151 Å². The van der Waals surface area contributed by atoms with E-state index in [0.717, 1.165) is 11.3 Å². The van der Waals surface area contributed by atoms with Gasteiger partial charge in [0.05, 0.1) is 11.8 Å². The van der Waals surface area contributed by atoms with E-state index in [9.17, 15) is 4.79 Å². The molecule has 23 heavy (non-hydrogen) atoms. The van der Waals surface area contributed by atoms with E-state index in [4.69, 9.17) is 11.6 Å². The number of nitrogens with one attached hydrogen (secondary N) is 1. The minimum atomic E-state index is -0.0855. The number of benzene rings is 2. The fraction of sp³-hybridized carbons (Fsp3) is 0.278. The van der Waals surface area contributed by atoms with Gasteiger partial charge in [0.25, 0.3) is 0 Å². The van der Waals surface area contributed by atoms with Gasteiger partial charge in [-0.2, -0.15) is 0 Å². The van der Waals surface area contributed by atoms with Crippen LogP contribution < -0.4 is 5.32 Å². The summed E-state index contributed by atoms with van der Waals surface area (Å²) in [6, 6.07) is 16.0. The van der Waals surface area contributed by atoms with Gasteiger partial charge in [-0.05, 0) is 42.5 Å². The Morgan fingerprint density at radius 3 is 2.52 bits per heavy atom. The first kappa shape index (κ1) is 18.2. The zero-order valence-electron chi connectivity index (χ0n) is 13.2. The first-order valence-electron chi connectivity index (χ1n) is 7.34. The monoisotopic (exact) mass is 365 g/mol. The van der Waals surface area contributed by atoms with E-state index < -0.39 is 0 Å². The van der Waals surface area contributed by atoms with E-state index in [2.05, 4.69) is 35.8 Å². The Morgan fingerprint density at radius 2 is 1.87 bits per heavy atom. The van der Waals surface area contributed by atoms with Crippen molar-refractivity contribution in [2.45, 2.75) is 23.6 Å². The van der Waals surface area contributed by atoms with Gasteiger partial charge in [0.1, 0.15) is 0 Å². The fourth-order valence-corrected chi connectivity index (χ4v) is 3.68. The number of hydrogen-bond donors (Lipinski definition) is 1. The molecule has 0 spiro atoms. The molecule has 0 saturated carbocycles. The van der Waals surface area contributed by atoms with Gasteiger partial charge < -0.3 is 5.32 Å². The molecule has 2 nitrogen and oxygen atoms in total. The molecule has 0 aliphatic rings. The SMILES string of the molecule is CSc1ccc(CSCC(=O)N[C@@H](C)c2ccccc2Cl)cc1. The number of halogens is 1. The average molecular weight is 366 g/mol. The van der Waals surface area contributed by atoms with Crippen molar-refractivity contribution in [1.82, 2.24) is 5.32 Å². The maximum Gasteiger partial charge on any atom is 0.230 e. The van der Waals surface area contributed by atoms with Crippen molar-refractivity contribution >= 4 is 41.0 Å². The van der Waals surface area contributed by atoms with Gasteiger partial charge in [0, 0.05) is 15.7 Å². The summed E-state index contributed by atoms with van der Waals surface area (Å²) in [5, 5.41) is 3.68. The van der Waals surface area contributed by atoms with Gasteiger partial charge in [-0.3, -0.25) is 4.79 Å². The van der Waals surface area contributed by atoms with Crippen LogP contribution in [0.4, 0.5) is 0 Å². The minimum Gasteiger partial charge on any atom is -0.349 e. The molecule has 0 heterocycles. The van der Waals surface area contributed by atoms with Crippen molar-refractivity contribution in [2.75, 3.05) is 12.0 Å². The Kier molecular flexibility index (Phi) is 7.34. The molecule has 0 aliphatic heterocycles. The van der Waals surface area contributed by atoms with E-state index >= 15 is 0 Å². The van der Waals surface area contributed by atoms with Crippen molar-refractivity contribution in [3.8, 4) is 0 Å². The van der Waals surface area contributed by atoms with Gasteiger partial charge in [-0.1, -0.05) is 41.9 Å². The second-order valence-electron chi connectivity index (χ2n) is 5.15. The molecule has 0 bridgehead atoms. The summed E-state index contributed by atoms with van der Waals surface area (Å²) in [5.41, 5.74) is 2.18. The predicted molar refractivity (Wildman–Crippen MR) is 102 cm³/mol. The Balaban J connectivity index is 1.77. The molecule has 1 N–H and O–H groups in total. The first-order valence-corrected chi connectivity index (χ1v) is 10.1. The lowest BCUT2D eigenvalue weighted by atomic mass is 10.1. The van der Waals surface area contributed by atoms with Crippen LogP contribution >= 0.6 is 35.1 Å². The number of hydrogen-bond acceptors (Lipinski definition) is 3. The molecule has 0 radical (unpaired) electrons. The van der Waals surface area contributed by atoms with Gasteiger partial charge in [-0.25, -0.2) is 0 Å². The van der Waals surface area contributed by atoms with Gasteiger partial charge >= 0.3 is 0 Å². The maximum atomic E-state index is 12.1. The molecule has 2 aromatic rings. The normalized spacial score (nSPS) is 12.0. The highest BCUT2D eigenvalue weighted by molar-refractivity contribution is 7.99.